The number of likely N-dealkylation sites (N-methyl/N-ethyl adjacent to an activating group) is 1. The van der Waals surface area contributed by atoms with Crippen LogP contribution in [0.15, 0.2) is 82.6 Å². The molecule has 12 nitrogen and oxygen atoms in total. The van der Waals surface area contributed by atoms with Crippen molar-refractivity contribution in [3.8, 4) is 0 Å². The van der Waals surface area contributed by atoms with Crippen molar-refractivity contribution in [3.63, 3.8) is 0 Å². The molecule has 1 aliphatic heterocycles. The molecule has 7 atom stereocenters. The first kappa shape index (κ1) is 62.5. The van der Waals surface area contributed by atoms with Gasteiger partial charge in [0.1, 0.15) is 19.3 Å². The van der Waals surface area contributed by atoms with Crippen molar-refractivity contribution in [2.75, 3.05) is 40.9 Å². The number of rotatable bonds is 27. The summed E-state index contributed by atoms with van der Waals surface area (Å²) in [6, 6.07) is 8.38. The number of phosphoric acid groups is 1. The van der Waals surface area contributed by atoms with E-state index in [1.807, 2.05) is 67.9 Å². The van der Waals surface area contributed by atoms with Gasteiger partial charge < -0.3 is 24.5 Å². The number of amides is 1. The first-order valence-electron chi connectivity index (χ1n) is 27.3. The van der Waals surface area contributed by atoms with Crippen LogP contribution in [-0.2, 0) is 50.4 Å². The van der Waals surface area contributed by atoms with E-state index in [4.69, 9.17) is 13.8 Å². The molecular weight excluding hydrogens is 928 g/mol. The highest BCUT2D eigenvalue weighted by molar-refractivity contribution is 7.47. The molecule has 0 aromatic heterocycles. The number of ether oxygens (including phenoxy) is 1. The zero-order chi connectivity index (χ0) is 53.3. The molecule has 1 amide bonds. The lowest BCUT2D eigenvalue weighted by Crippen LogP contribution is -2.37. The van der Waals surface area contributed by atoms with Gasteiger partial charge in [-0.1, -0.05) is 166 Å². The first-order chi connectivity index (χ1) is 34.1. The summed E-state index contributed by atoms with van der Waals surface area (Å²) < 4.78 is 28.5. The molecule has 1 aromatic rings. The van der Waals surface area contributed by atoms with Gasteiger partial charge in [-0.05, 0) is 74.5 Å². The maximum atomic E-state index is 14.2. The molecule has 3 N–H and O–H groups in total. The fourth-order valence-corrected chi connectivity index (χ4v) is 10.5. The zero-order valence-electron chi connectivity index (χ0n) is 46.0. The Kier molecular flexibility index (Phi) is 28.2. The number of allylic oxidation sites excluding steroid dienone is 5. The number of nitrogens with one attached hydrogen (secondary N) is 1. The summed E-state index contributed by atoms with van der Waals surface area (Å²) in [5, 5.41) is 14.2. The Morgan fingerprint density at radius 1 is 0.764 bits per heavy atom. The number of unbranched alkanes of at least 4 members (excludes halogenated alkanes) is 15. The molecule has 1 heterocycles. The highest BCUT2D eigenvalue weighted by Crippen LogP contribution is 2.43. The molecule has 1 aromatic carbocycles. The average Bonchev–Trinajstić information content (AvgIpc) is 3.30. The third kappa shape index (κ3) is 24.5. The van der Waals surface area contributed by atoms with E-state index in [-0.39, 0.29) is 54.1 Å². The van der Waals surface area contributed by atoms with Crippen molar-refractivity contribution in [2.24, 2.45) is 23.7 Å². The van der Waals surface area contributed by atoms with E-state index in [1.54, 1.807) is 19.1 Å². The predicted octanol–water partition coefficient (Wildman–Crippen LogP) is 12.4. The van der Waals surface area contributed by atoms with E-state index < -0.39 is 31.9 Å². The van der Waals surface area contributed by atoms with Crippen LogP contribution in [0.4, 0.5) is 0 Å². The maximum Gasteiger partial charge on any atom is 0.472 e. The maximum absolute atomic E-state index is 14.2. The van der Waals surface area contributed by atoms with Crippen LogP contribution in [0.3, 0.4) is 0 Å². The van der Waals surface area contributed by atoms with E-state index in [0.717, 1.165) is 43.2 Å². The van der Waals surface area contributed by atoms with Gasteiger partial charge in [-0.25, -0.2) is 4.57 Å². The number of carbonyl (C=O) groups excluding carboxylic acids is 4. The smallest absolute Gasteiger partial charge is 0.457 e. The molecule has 72 heavy (non-hydrogen) atoms. The van der Waals surface area contributed by atoms with Gasteiger partial charge in [-0.15, -0.1) is 0 Å². The number of aliphatic hydroxyl groups is 1. The molecule has 0 saturated heterocycles. The third-order valence-corrected chi connectivity index (χ3v) is 15.1. The van der Waals surface area contributed by atoms with Crippen molar-refractivity contribution in [3.05, 3.63) is 93.8 Å². The zero-order valence-corrected chi connectivity index (χ0v) is 46.9. The lowest BCUT2D eigenvalue weighted by Gasteiger charge is -2.28. The third-order valence-electron chi connectivity index (χ3n) is 14.1. The number of aryl methyl sites for hydroxylation is 1. The van der Waals surface area contributed by atoms with Gasteiger partial charge in [0.2, 0.25) is 5.78 Å². The molecule has 0 spiro atoms. The van der Waals surface area contributed by atoms with E-state index in [2.05, 4.69) is 29.6 Å². The van der Waals surface area contributed by atoms with Gasteiger partial charge >= 0.3 is 13.8 Å². The van der Waals surface area contributed by atoms with Crippen molar-refractivity contribution >= 4 is 31.3 Å². The minimum absolute atomic E-state index is 0.0327. The number of esters is 1. The Morgan fingerprint density at radius 2 is 1.29 bits per heavy atom. The minimum atomic E-state index is -3.95. The number of Topliss-reactive ketones (excluding diaryl/α,β-unsaturated/α-hetero) is 1. The molecule has 0 saturated carbocycles. The average molecular weight is 1020 g/mol. The van der Waals surface area contributed by atoms with E-state index >= 15 is 0 Å². The van der Waals surface area contributed by atoms with Crippen LogP contribution in [0.25, 0.3) is 0 Å². The highest BCUT2D eigenvalue weighted by Gasteiger charge is 2.32. The number of ketones is 2. The van der Waals surface area contributed by atoms with Gasteiger partial charge in [0.25, 0.3) is 5.91 Å². The number of nitrogens with zero attached hydrogens (tertiary/aromatic N) is 1. The van der Waals surface area contributed by atoms with Crippen LogP contribution in [0.1, 0.15) is 175 Å². The summed E-state index contributed by atoms with van der Waals surface area (Å²) in [5.41, 5.74) is 4.20. The molecule has 3 rings (SSSR count). The van der Waals surface area contributed by atoms with E-state index in [1.165, 1.54) is 95.6 Å². The number of fused-ring (bicyclic) bond motifs is 2. The summed E-state index contributed by atoms with van der Waals surface area (Å²) in [7, 11) is 2.07. The van der Waals surface area contributed by atoms with Crippen LogP contribution in [0, 0.1) is 23.7 Å². The summed E-state index contributed by atoms with van der Waals surface area (Å²) in [6.07, 6.45) is 28.7. The number of hydrogen-bond acceptors (Lipinski definition) is 9. The van der Waals surface area contributed by atoms with E-state index in [0.29, 0.717) is 47.0 Å². The van der Waals surface area contributed by atoms with Crippen LogP contribution in [-0.4, -0.2) is 91.0 Å². The van der Waals surface area contributed by atoms with Crippen LogP contribution < -0.4 is 5.32 Å². The number of benzene rings is 1. The Morgan fingerprint density at radius 3 is 1.85 bits per heavy atom. The van der Waals surface area contributed by atoms with Crippen molar-refractivity contribution in [2.45, 2.75) is 189 Å². The summed E-state index contributed by atoms with van der Waals surface area (Å²) in [5.74, 6) is -2.20. The largest absolute Gasteiger partial charge is 0.472 e. The normalized spacial score (nSPS) is 24.7. The fourth-order valence-electron chi connectivity index (χ4n) is 9.71. The molecule has 0 radical (unpaired) electrons. The van der Waals surface area contributed by atoms with Gasteiger partial charge in [0.15, 0.2) is 5.78 Å². The SMILES string of the molecule is CC(=O)O[C@H]1/C(C)=C/[C@H](C)[C@@H](O)[C@@H](C)C[C@H](C)CC2=C(Cc3ccc(CCCCCCCCCCCCCCCCCCOP(=O)(O)OCC[N+](C)(C)C)cc3)C(=O)C=C(NC(=O)/C(C)=C/C=C\[C@@H]1C)C2=O. The lowest BCUT2D eigenvalue weighted by molar-refractivity contribution is -0.870. The number of quaternary nitrogens is 1. The van der Waals surface area contributed by atoms with Crippen LogP contribution in [0.5, 0.6) is 0 Å². The molecule has 404 valence electrons. The number of phosphoric ester groups is 1. The summed E-state index contributed by atoms with van der Waals surface area (Å²) in [4.78, 5) is 63.4. The highest BCUT2D eigenvalue weighted by atomic mass is 31.2. The molecule has 0 fully saturated rings. The van der Waals surface area contributed by atoms with Gasteiger partial charge in [0, 0.05) is 48.0 Å². The number of aliphatic hydroxyl groups excluding tert-OH is 1. The van der Waals surface area contributed by atoms with Crippen LogP contribution in [0.2, 0.25) is 0 Å². The fraction of sp³-hybridized carbons (Fsp3) is 0.661. The molecule has 1 aliphatic carbocycles. The van der Waals surface area contributed by atoms with Gasteiger partial charge in [-0.2, -0.15) is 0 Å². The van der Waals surface area contributed by atoms with Gasteiger partial charge in [0.05, 0.1) is 39.6 Å². The molecule has 1 unspecified atom stereocenters. The summed E-state index contributed by atoms with van der Waals surface area (Å²) >= 11 is 0. The predicted molar refractivity (Wildman–Crippen MR) is 290 cm³/mol. The minimum Gasteiger partial charge on any atom is -0.457 e. The monoisotopic (exact) mass is 1020 g/mol. The number of carbonyl (C=O) groups is 4. The second-order valence-corrected chi connectivity index (χ2v) is 23.6. The first-order valence-corrected chi connectivity index (χ1v) is 28.8. The Labute approximate surface area is 434 Å². The molecule has 13 heteroatoms. The van der Waals surface area contributed by atoms with Crippen molar-refractivity contribution in [1.82, 2.24) is 5.32 Å². The number of hydrogen-bond donors (Lipinski definition) is 3. The van der Waals surface area contributed by atoms with Crippen molar-refractivity contribution < 1.29 is 52.0 Å². The Bertz CT molecular complexity index is 2080. The second-order valence-electron chi connectivity index (χ2n) is 22.1. The lowest BCUT2D eigenvalue weighted by atomic mass is 9.80. The van der Waals surface area contributed by atoms with Crippen LogP contribution >= 0.6 is 7.82 Å². The Balaban J connectivity index is 1.42. The Hall–Kier alpha value is -3.77. The molecule has 2 aliphatic rings. The second kappa shape index (κ2) is 32.5. The molecule has 2 bridgehead atoms. The quantitative estimate of drug-likeness (QED) is 0.0193. The van der Waals surface area contributed by atoms with Gasteiger partial charge in [-0.3, -0.25) is 28.2 Å². The van der Waals surface area contributed by atoms with Crippen molar-refractivity contribution in [1.29, 1.82) is 0 Å². The summed E-state index contributed by atoms with van der Waals surface area (Å²) in [6.45, 7) is 13.9. The standard InChI is InChI=1S/C59H93N2O10P/c1-43-38-46(4)56(64)47(5)40-48(6)58(71-49(7)62)44(2)28-27-29-45(3)59(66)60-54-42-55(63)52(53(39-43)57(54)65)41-51-33-31-50(32-34-51)30-25-23-21-19-17-15-13-11-12-14-16-18-20-22-24-26-36-69-72(67,68)70-37-35-61(8,9)10/h27-29,31-34,40,42-44,46-47,56,58,64H,11-26,30,35-39,41H2,1-10H3,(H-,60,63,66,67,68)/p+1/b28-27-,45-29+,48-40+/t43-,44-,46-,47-,56-,58+/m0/s1. The molecular formula is C59H94N2O10P+. The topological polar surface area (TPSA) is 166 Å². The van der Waals surface area contributed by atoms with E-state index in [9.17, 15) is 33.7 Å².